The first-order valence-corrected chi connectivity index (χ1v) is 8.71. The summed E-state index contributed by atoms with van der Waals surface area (Å²) < 4.78 is 37.1. The van der Waals surface area contributed by atoms with E-state index >= 15 is 0 Å². The zero-order valence-corrected chi connectivity index (χ0v) is 13.0. The lowest BCUT2D eigenvalue weighted by atomic mass is 10.1. The molecule has 0 saturated carbocycles. The molecule has 0 saturated heterocycles. The van der Waals surface area contributed by atoms with Crippen molar-refractivity contribution >= 4 is 26.8 Å². The van der Waals surface area contributed by atoms with Crippen molar-refractivity contribution in [3.63, 3.8) is 0 Å². The summed E-state index contributed by atoms with van der Waals surface area (Å²) in [5, 5.41) is 3.65. The minimum atomic E-state index is -3.27. The first-order valence-electron chi connectivity index (χ1n) is 6.82. The Hall–Kier alpha value is -1.93. The van der Waals surface area contributed by atoms with E-state index < -0.39 is 10.0 Å². The van der Waals surface area contributed by atoms with Gasteiger partial charge in [0.2, 0.25) is 15.9 Å². The van der Waals surface area contributed by atoms with E-state index in [0.717, 1.165) is 22.7 Å². The van der Waals surface area contributed by atoms with Gasteiger partial charge in [-0.3, -0.25) is 4.79 Å². The number of rotatable bonds is 7. The Labute approximate surface area is 128 Å². The number of carbonyl (C=O) groups excluding carboxylic acids is 1. The average molecular weight is 327 g/mol. The standard InChI is InChI=1S/C14H18FN3O3S/c1-22(20,21)18-7-5-14(19)16-6-4-10-9-17-13-8-11(15)2-3-12(10)13/h2-3,8-9,17-18H,4-7H2,1H3,(H,16,19). The van der Waals surface area contributed by atoms with Gasteiger partial charge in [-0.1, -0.05) is 0 Å². The molecule has 6 nitrogen and oxygen atoms in total. The molecule has 1 amide bonds. The lowest BCUT2D eigenvalue weighted by Gasteiger charge is -2.05. The number of halogens is 1. The second-order valence-electron chi connectivity index (χ2n) is 5.02. The number of aromatic nitrogens is 1. The molecule has 22 heavy (non-hydrogen) atoms. The zero-order valence-electron chi connectivity index (χ0n) is 12.1. The third-order valence-corrected chi connectivity index (χ3v) is 3.89. The quantitative estimate of drug-likeness (QED) is 0.706. The van der Waals surface area contributed by atoms with Crippen molar-refractivity contribution < 1.29 is 17.6 Å². The van der Waals surface area contributed by atoms with Crippen LogP contribution in [0.1, 0.15) is 12.0 Å². The van der Waals surface area contributed by atoms with E-state index in [2.05, 4.69) is 15.0 Å². The summed E-state index contributed by atoms with van der Waals surface area (Å²) in [6.07, 6.45) is 3.54. The van der Waals surface area contributed by atoms with Crippen molar-refractivity contribution in [3.05, 3.63) is 35.8 Å². The highest BCUT2D eigenvalue weighted by atomic mass is 32.2. The van der Waals surface area contributed by atoms with E-state index in [-0.39, 0.29) is 24.7 Å². The van der Waals surface area contributed by atoms with Gasteiger partial charge in [-0.2, -0.15) is 0 Å². The molecule has 2 aromatic rings. The maximum absolute atomic E-state index is 13.1. The van der Waals surface area contributed by atoms with Crippen molar-refractivity contribution in [3.8, 4) is 0 Å². The molecule has 0 fully saturated rings. The summed E-state index contributed by atoms with van der Waals surface area (Å²) >= 11 is 0. The van der Waals surface area contributed by atoms with Gasteiger partial charge < -0.3 is 10.3 Å². The minimum Gasteiger partial charge on any atom is -0.361 e. The number of hydrogen-bond donors (Lipinski definition) is 3. The highest BCUT2D eigenvalue weighted by Gasteiger charge is 2.07. The van der Waals surface area contributed by atoms with Crippen molar-refractivity contribution in [2.45, 2.75) is 12.8 Å². The largest absolute Gasteiger partial charge is 0.361 e. The highest BCUT2D eigenvalue weighted by molar-refractivity contribution is 7.88. The summed E-state index contributed by atoms with van der Waals surface area (Å²) in [6, 6.07) is 4.53. The summed E-state index contributed by atoms with van der Waals surface area (Å²) in [4.78, 5) is 14.6. The predicted molar refractivity (Wildman–Crippen MR) is 82.4 cm³/mol. The third-order valence-electron chi connectivity index (χ3n) is 3.16. The Kier molecular flexibility index (Phi) is 5.15. The molecule has 120 valence electrons. The monoisotopic (exact) mass is 327 g/mol. The number of aromatic amines is 1. The summed E-state index contributed by atoms with van der Waals surface area (Å²) in [5.74, 6) is -0.519. The molecule has 0 radical (unpaired) electrons. The van der Waals surface area contributed by atoms with Gasteiger partial charge in [-0.25, -0.2) is 17.5 Å². The van der Waals surface area contributed by atoms with Crippen LogP contribution in [0.15, 0.2) is 24.4 Å². The summed E-state index contributed by atoms with van der Waals surface area (Å²) in [7, 11) is -3.27. The van der Waals surface area contributed by atoms with Crippen LogP contribution < -0.4 is 10.0 Å². The maximum Gasteiger partial charge on any atom is 0.221 e. The maximum atomic E-state index is 13.1. The molecule has 8 heteroatoms. The zero-order chi connectivity index (χ0) is 16.2. The summed E-state index contributed by atoms with van der Waals surface area (Å²) in [5.41, 5.74) is 1.71. The van der Waals surface area contributed by atoms with E-state index in [4.69, 9.17) is 0 Å². The fraction of sp³-hybridized carbons (Fsp3) is 0.357. The van der Waals surface area contributed by atoms with Gasteiger partial charge in [0.05, 0.1) is 6.26 Å². The van der Waals surface area contributed by atoms with Gasteiger partial charge in [0.1, 0.15) is 5.82 Å². The Bertz CT molecular complexity index is 771. The molecule has 0 atom stereocenters. The van der Waals surface area contributed by atoms with Gasteiger partial charge >= 0.3 is 0 Å². The Morgan fingerprint density at radius 2 is 2.09 bits per heavy atom. The molecular weight excluding hydrogens is 309 g/mol. The second kappa shape index (κ2) is 6.89. The number of nitrogens with one attached hydrogen (secondary N) is 3. The Morgan fingerprint density at radius 3 is 2.82 bits per heavy atom. The molecule has 1 aromatic heterocycles. The van der Waals surface area contributed by atoms with E-state index in [1.807, 2.05) is 0 Å². The molecule has 0 unspecified atom stereocenters. The van der Waals surface area contributed by atoms with Crippen LogP contribution in [0.3, 0.4) is 0 Å². The van der Waals surface area contributed by atoms with Crippen molar-refractivity contribution in [1.82, 2.24) is 15.0 Å². The van der Waals surface area contributed by atoms with E-state index in [0.29, 0.717) is 13.0 Å². The Morgan fingerprint density at radius 1 is 1.32 bits per heavy atom. The van der Waals surface area contributed by atoms with Crippen LogP contribution in [0.4, 0.5) is 4.39 Å². The lowest BCUT2D eigenvalue weighted by Crippen LogP contribution is -2.31. The first kappa shape index (κ1) is 16.4. The number of benzene rings is 1. The molecule has 0 aliphatic carbocycles. The molecule has 0 aliphatic rings. The van der Waals surface area contributed by atoms with E-state index in [9.17, 15) is 17.6 Å². The fourth-order valence-electron chi connectivity index (χ4n) is 2.14. The van der Waals surface area contributed by atoms with Gasteiger partial charge in [-0.05, 0) is 30.2 Å². The van der Waals surface area contributed by atoms with Gasteiger partial charge in [0, 0.05) is 36.6 Å². The SMILES string of the molecule is CS(=O)(=O)NCCC(=O)NCCc1c[nH]c2cc(F)ccc12. The van der Waals surface area contributed by atoms with Gasteiger partial charge in [0.15, 0.2) is 0 Å². The highest BCUT2D eigenvalue weighted by Crippen LogP contribution is 2.19. The molecule has 3 N–H and O–H groups in total. The van der Waals surface area contributed by atoms with Gasteiger partial charge in [0.25, 0.3) is 0 Å². The average Bonchev–Trinajstić information content (AvgIpc) is 2.79. The molecule has 2 rings (SSSR count). The number of hydrogen-bond acceptors (Lipinski definition) is 3. The Balaban J connectivity index is 1.79. The van der Waals surface area contributed by atoms with Crippen LogP contribution in [0.5, 0.6) is 0 Å². The first-order chi connectivity index (χ1) is 10.3. The number of amides is 1. The molecule has 1 aromatic carbocycles. The third kappa shape index (κ3) is 4.81. The van der Waals surface area contributed by atoms with Crippen molar-refractivity contribution in [1.29, 1.82) is 0 Å². The topological polar surface area (TPSA) is 91.1 Å². The number of H-pyrrole nitrogens is 1. The lowest BCUT2D eigenvalue weighted by molar-refractivity contribution is -0.120. The van der Waals surface area contributed by atoms with Crippen molar-refractivity contribution in [2.75, 3.05) is 19.3 Å². The number of fused-ring (bicyclic) bond motifs is 1. The number of sulfonamides is 1. The molecule has 1 heterocycles. The van der Waals surface area contributed by atoms with E-state index in [1.165, 1.54) is 12.1 Å². The second-order valence-corrected chi connectivity index (χ2v) is 6.85. The number of carbonyl (C=O) groups is 1. The molecule has 0 bridgehead atoms. The van der Waals surface area contributed by atoms with Crippen LogP contribution in [0, 0.1) is 5.82 Å². The van der Waals surface area contributed by atoms with Crippen molar-refractivity contribution in [2.24, 2.45) is 0 Å². The van der Waals surface area contributed by atoms with E-state index in [1.54, 1.807) is 12.3 Å². The fourth-order valence-corrected chi connectivity index (χ4v) is 2.61. The molecule has 0 aliphatic heterocycles. The van der Waals surface area contributed by atoms with Crippen LogP contribution in [-0.2, 0) is 21.2 Å². The predicted octanol–water partition coefficient (Wildman–Crippen LogP) is 0.905. The smallest absolute Gasteiger partial charge is 0.221 e. The van der Waals surface area contributed by atoms with Crippen LogP contribution >= 0.6 is 0 Å². The van der Waals surface area contributed by atoms with Crippen LogP contribution in [-0.4, -0.2) is 38.7 Å². The minimum absolute atomic E-state index is 0.0804. The van der Waals surface area contributed by atoms with Gasteiger partial charge in [-0.15, -0.1) is 0 Å². The molecule has 0 spiro atoms. The van der Waals surface area contributed by atoms with Crippen LogP contribution in [0.25, 0.3) is 10.9 Å². The molecular formula is C14H18FN3O3S. The van der Waals surface area contributed by atoms with Crippen LogP contribution in [0.2, 0.25) is 0 Å². The normalized spacial score (nSPS) is 11.7. The summed E-state index contributed by atoms with van der Waals surface area (Å²) in [6.45, 7) is 0.513.